The molecule has 0 unspecified atom stereocenters. The van der Waals surface area contributed by atoms with E-state index in [0.29, 0.717) is 10.6 Å². The molecule has 0 fully saturated rings. The van der Waals surface area contributed by atoms with Crippen LogP contribution >= 0.6 is 11.8 Å². The number of fused-ring (bicyclic) bond motifs is 1. The molecule has 1 aliphatic carbocycles. The Morgan fingerprint density at radius 2 is 1.95 bits per heavy atom. The second kappa shape index (κ2) is 6.69. The molecule has 0 saturated heterocycles. The molecule has 2 rings (SSSR count). The fraction of sp³-hybridized carbons (Fsp3) is 0.600. The Hall–Kier alpha value is -0.560. The van der Waals surface area contributed by atoms with Crippen LogP contribution in [0.15, 0.2) is 23.1 Å². The first kappa shape index (κ1) is 16.8. The van der Waals surface area contributed by atoms with Crippen LogP contribution in [0.1, 0.15) is 30.9 Å². The van der Waals surface area contributed by atoms with Gasteiger partial charge in [0, 0.05) is 12.3 Å². The first-order valence-corrected chi connectivity index (χ1v) is 10.0. The maximum atomic E-state index is 12.3. The van der Waals surface area contributed by atoms with Gasteiger partial charge in [-0.15, -0.1) is 0 Å². The summed E-state index contributed by atoms with van der Waals surface area (Å²) in [4.78, 5) is 0.295. The molecular weight excluding hydrogens is 306 g/mol. The molecule has 21 heavy (non-hydrogen) atoms. The van der Waals surface area contributed by atoms with Crippen LogP contribution in [0.3, 0.4) is 0 Å². The zero-order chi connectivity index (χ0) is 15.5. The van der Waals surface area contributed by atoms with Crippen molar-refractivity contribution in [3.8, 4) is 0 Å². The van der Waals surface area contributed by atoms with E-state index in [-0.39, 0.29) is 6.54 Å². The first-order valence-electron chi connectivity index (χ1n) is 7.17. The number of hydrogen-bond donors (Lipinski definition) is 2. The second-order valence-corrected chi connectivity index (χ2v) is 8.53. The van der Waals surface area contributed by atoms with Gasteiger partial charge in [0.25, 0.3) is 0 Å². The van der Waals surface area contributed by atoms with Crippen LogP contribution in [-0.2, 0) is 22.9 Å². The van der Waals surface area contributed by atoms with E-state index < -0.39 is 15.6 Å². The van der Waals surface area contributed by atoms with Crippen LogP contribution in [-0.4, -0.2) is 37.7 Å². The van der Waals surface area contributed by atoms with Crippen molar-refractivity contribution in [3.63, 3.8) is 0 Å². The van der Waals surface area contributed by atoms with Crippen molar-refractivity contribution in [1.82, 2.24) is 4.72 Å². The van der Waals surface area contributed by atoms with Crippen LogP contribution in [0.2, 0.25) is 0 Å². The summed E-state index contributed by atoms with van der Waals surface area (Å²) in [6, 6.07) is 5.36. The molecule has 118 valence electrons. The van der Waals surface area contributed by atoms with Crippen LogP contribution < -0.4 is 4.72 Å². The van der Waals surface area contributed by atoms with Gasteiger partial charge in [0.2, 0.25) is 10.0 Å². The van der Waals surface area contributed by atoms with Crippen molar-refractivity contribution in [3.05, 3.63) is 29.3 Å². The van der Waals surface area contributed by atoms with Crippen molar-refractivity contribution in [2.24, 2.45) is 0 Å². The monoisotopic (exact) mass is 329 g/mol. The summed E-state index contributed by atoms with van der Waals surface area (Å²) in [6.07, 6.45) is 6.15. The van der Waals surface area contributed by atoms with Crippen LogP contribution in [0, 0.1) is 0 Å². The standard InChI is InChI=1S/C15H23NO3S2/c1-15(17,11-20-2)10-16-21(18,19)14-8-7-12-5-3-4-6-13(12)9-14/h7-9,16-17H,3-6,10-11H2,1-2H3/t15-/m0/s1. The fourth-order valence-electron chi connectivity index (χ4n) is 2.57. The number of aliphatic hydroxyl groups is 1. The average molecular weight is 329 g/mol. The minimum atomic E-state index is -3.56. The molecule has 6 heteroatoms. The van der Waals surface area contributed by atoms with E-state index in [9.17, 15) is 13.5 Å². The van der Waals surface area contributed by atoms with Gasteiger partial charge in [-0.1, -0.05) is 6.07 Å². The minimum Gasteiger partial charge on any atom is -0.388 e. The van der Waals surface area contributed by atoms with Gasteiger partial charge in [0.15, 0.2) is 0 Å². The molecule has 0 saturated carbocycles. The van der Waals surface area contributed by atoms with E-state index in [0.717, 1.165) is 24.8 Å². The molecule has 1 atom stereocenters. The predicted molar refractivity (Wildman–Crippen MR) is 87.3 cm³/mol. The molecule has 0 radical (unpaired) electrons. The second-order valence-electron chi connectivity index (χ2n) is 5.89. The van der Waals surface area contributed by atoms with Crippen LogP contribution in [0.4, 0.5) is 0 Å². The van der Waals surface area contributed by atoms with Gasteiger partial charge in [0.05, 0.1) is 10.5 Å². The lowest BCUT2D eigenvalue weighted by Gasteiger charge is -2.23. The van der Waals surface area contributed by atoms with E-state index in [1.807, 2.05) is 12.3 Å². The maximum absolute atomic E-state index is 12.3. The third-order valence-corrected chi connectivity index (χ3v) is 6.04. The summed E-state index contributed by atoms with van der Waals surface area (Å²) in [5, 5.41) is 10.1. The summed E-state index contributed by atoms with van der Waals surface area (Å²) in [6.45, 7) is 1.66. The van der Waals surface area contributed by atoms with E-state index in [1.54, 1.807) is 19.1 Å². The third-order valence-electron chi connectivity index (χ3n) is 3.73. The largest absolute Gasteiger partial charge is 0.388 e. The molecule has 0 aromatic heterocycles. The highest BCUT2D eigenvalue weighted by Crippen LogP contribution is 2.24. The van der Waals surface area contributed by atoms with Gasteiger partial charge in [0.1, 0.15) is 0 Å². The highest BCUT2D eigenvalue weighted by Gasteiger charge is 2.24. The number of rotatable bonds is 6. The summed E-state index contributed by atoms with van der Waals surface area (Å²) in [7, 11) is -3.56. The molecule has 4 nitrogen and oxygen atoms in total. The molecule has 0 aliphatic heterocycles. The quantitative estimate of drug-likeness (QED) is 0.837. The third kappa shape index (κ3) is 4.45. The summed E-state index contributed by atoms with van der Waals surface area (Å²) >= 11 is 1.49. The first-order chi connectivity index (χ1) is 9.84. The molecule has 1 aliphatic rings. The average Bonchev–Trinajstić information content (AvgIpc) is 2.45. The molecule has 0 spiro atoms. The normalized spacial score (nSPS) is 18.0. The fourth-order valence-corrected chi connectivity index (χ4v) is 4.51. The number of nitrogens with one attached hydrogen (secondary N) is 1. The lowest BCUT2D eigenvalue weighted by molar-refractivity contribution is 0.0908. The predicted octanol–water partition coefficient (Wildman–Crippen LogP) is 1.96. The number of aryl methyl sites for hydroxylation is 2. The zero-order valence-electron chi connectivity index (χ0n) is 12.6. The van der Waals surface area contributed by atoms with Crippen molar-refractivity contribution in [2.75, 3.05) is 18.6 Å². The Balaban J connectivity index is 2.12. The van der Waals surface area contributed by atoms with Gasteiger partial charge in [-0.05, 0) is 62.1 Å². The van der Waals surface area contributed by atoms with E-state index in [2.05, 4.69) is 4.72 Å². The molecule has 0 heterocycles. The van der Waals surface area contributed by atoms with Crippen molar-refractivity contribution in [2.45, 2.75) is 43.1 Å². The van der Waals surface area contributed by atoms with Gasteiger partial charge in [-0.3, -0.25) is 0 Å². The topological polar surface area (TPSA) is 66.4 Å². The Labute approximate surface area is 131 Å². The van der Waals surface area contributed by atoms with Gasteiger partial charge in [-0.2, -0.15) is 11.8 Å². The lowest BCUT2D eigenvalue weighted by Crippen LogP contribution is -2.42. The number of sulfonamides is 1. The number of hydrogen-bond acceptors (Lipinski definition) is 4. The molecule has 1 aromatic carbocycles. The smallest absolute Gasteiger partial charge is 0.240 e. The SMILES string of the molecule is CSC[C@@](C)(O)CNS(=O)(=O)c1ccc2c(c1)CCCC2. The van der Waals surface area contributed by atoms with Crippen molar-refractivity contribution in [1.29, 1.82) is 0 Å². The minimum absolute atomic E-state index is 0.0211. The number of benzene rings is 1. The van der Waals surface area contributed by atoms with Crippen LogP contribution in [0.5, 0.6) is 0 Å². The summed E-state index contributed by atoms with van der Waals surface area (Å²) in [5.41, 5.74) is 1.36. The molecule has 0 bridgehead atoms. The van der Waals surface area contributed by atoms with Crippen molar-refractivity contribution < 1.29 is 13.5 Å². The van der Waals surface area contributed by atoms with Gasteiger partial charge < -0.3 is 5.11 Å². The molecule has 1 aromatic rings. The molecular formula is C15H23NO3S2. The van der Waals surface area contributed by atoms with E-state index >= 15 is 0 Å². The zero-order valence-corrected chi connectivity index (χ0v) is 14.2. The number of thioether (sulfide) groups is 1. The maximum Gasteiger partial charge on any atom is 0.240 e. The highest BCUT2D eigenvalue weighted by atomic mass is 32.2. The Morgan fingerprint density at radius 3 is 2.62 bits per heavy atom. The summed E-state index contributed by atoms with van der Waals surface area (Å²) < 4.78 is 27.2. The van der Waals surface area contributed by atoms with E-state index in [4.69, 9.17) is 0 Å². The molecule has 2 N–H and O–H groups in total. The Morgan fingerprint density at radius 1 is 1.29 bits per heavy atom. The van der Waals surface area contributed by atoms with E-state index in [1.165, 1.54) is 23.7 Å². The van der Waals surface area contributed by atoms with Gasteiger partial charge >= 0.3 is 0 Å². The van der Waals surface area contributed by atoms with Crippen LogP contribution in [0.25, 0.3) is 0 Å². The summed E-state index contributed by atoms with van der Waals surface area (Å²) in [5.74, 6) is 0.486. The lowest BCUT2D eigenvalue weighted by atomic mass is 9.92. The van der Waals surface area contributed by atoms with Gasteiger partial charge in [-0.25, -0.2) is 13.1 Å². The molecule has 0 amide bonds. The Bertz CT molecular complexity index is 597. The van der Waals surface area contributed by atoms with Crippen molar-refractivity contribution >= 4 is 21.8 Å². The highest BCUT2D eigenvalue weighted by molar-refractivity contribution is 7.98. The Kier molecular flexibility index (Phi) is 5.35.